The van der Waals surface area contributed by atoms with Gasteiger partial charge in [-0.15, -0.1) is 11.3 Å². The molecular weight excluding hydrogens is 278 g/mol. The van der Waals surface area contributed by atoms with E-state index in [0.717, 1.165) is 25.9 Å². The quantitative estimate of drug-likeness (QED) is 0.682. The van der Waals surface area contributed by atoms with Gasteiger partial charge < -0.3 is 14.9 Å². The third kappa shape index (κ3) is 3.11. The van der Waals surface area contributed by atoms with Crippen LogP contribution < -0.4 is 4.90 Å². The van der Waals surface area contributed by atoms with E-state index in [0.29, 0.717) is 15.9 Å². The van der Waals surface area contributed by atoms with E-state index in [1.807, 2.05) is 0 Å². The Labute approximate surface area is 122 Å². The van der Waals surface area contributed by atoms with E-state index in [-0.39, 0.29) is 10.6 Å². The lowest BCUT2D eigenvalue weighted by Gasteiger charge is -2.35. The number of thiophene rings is 1. The largest absolute Gasteiger partial charge is 0.388 e. The zero-order chi connectivity index (χ0) is 14.9. The highest BCUT2D eigenvalue weighted by atomic mass is 32.1. The van der Waals surface area contributed by atoms with Crippen LogP contribution in [0.3, 0.4) is 0 Å². The Morgan fingerprint density at radius 2 is 2.10 bits per heavy atom. The summed E-state index contributed by atoms with van der Waals surface area (Å²) in [5, 5.41) is 21.5. The first kappa shape index (κ1) is 15.2. The Hall–Kier alpha value is -1.18. The van der Waals surface area contributed by atoms with Gasteiger partial charge in [0.05, 0.1) is 11.0 Å². The molecule has 112 valence electrons. The van der Waals surface area contributed by atoms with Crippen molar-refractivity contribution in [1.29, 1.82) is 0 Å². The molecule has 0 radical (unpaired) electrons. The molecule has 1 saturated heterocycles. The summed E-state index contributed by atoms with van der Waals surface area (Å²) in [6.45, 7) is 3.28. The number of piperidine rings is 1. The van der Waals surface area contributed by atoms with Gasteiger partial charge in [-0.2, -0.15) is 0 Å². The number of nitro groups is 1. The first-order valence-electron chi connectivity index (χ1n) is 6.77. The SMILES string of the molecule is C[C@@H](O)c1cc([N+](=O)[O-])c(N2CCC(N(C)C)CC2)s1. The molecule has 0 spiro atoms. The Morgan fingerprint density at radius 1 is 1.50 bits per heavy atom. The number of aliphatic hydroxyl groups is 1. The molecule has 1 aromatic heterocycles. The molecule has 0 saturated carbocycles. The topological polar surface area (TPSA) is 69.8 Å². The lowest BCUT2D eigenvalue weighted by atomic mass is 10.0. The maximum absolute atomic E-state index is 11.2. The van der Waals surface area contributed by atoms with E-state index in [4.69, 9.17) is 0 Å². The molecule has 1 N–H and O–H groups in total. The Morgan fingerprint density at radius 3 is 2.55 bits per heavy atom. The molecule has 7 heteroatoms. The van der Waals surface area contributed by atoms with Gasteiger partial charge in [-0.3, -0.25) is 10.1 Å². The Kier molecular flexibility index (Phi) is 4.62. The van der Waals surface area contributed by atoms with Crippen LogP contribution in [-0.2, 0) is 0 Å². The van der Waals surface area contributed by atoms with Gasteiger partial charge in [0, 0.05) is 30.1 Å². The third-order valence-corrected chi connectivity index (χ3v) is 5.16. The Balaban J connectivity index is 2.18. The van der Waals surface area contributed by atoms with Gasteiger partial charge in [0.2, 0.25) is 0 Å². The fraction of sp³-hybridized carbons (Fsp3) is 0.692. The smallest absolute Gasteiger partial charge is 0.304 e. The summed E-state index contributed by atoms with van der Waals surface area (Å²) in [5.41, 5.74) is 0.120. The molecule has 1 fully saturated rings. The van der Waals surface area contributed by atoms with Crippen molar-refractivity contribution in [3.63, 3.8) is 0 Å². The highest BCUT2D eigenvalue weighted by Crippen LogP contribution is 2.41. The van der Waals surface area contributed by atoms with E-state index in [1.165, 1.54) is 17.4 Å². The van der Waals surface area contributed by atoms with Gasteiger partial charge in [-0.05, 0) is 33.9 Å². The van der Waals surface area contributed by atoms with E-state index < -0.39 is 6.10 Å². The van der Waals surface area contributed by atoms with Crippen LogP contribution in [-0.4, -0.2) is 48.2 Å². The second-order valence-electron chi connectivity index (χ2n) is 5.45. The van der Waals surface area contributed by atoms with Gasteiger partial charge >= 0.3 is 5.69 Å². The van der Waals surface area contributed by atoms with Gasteiger partial charge in [-0.1, -0.05) is 0 Å². The second-order valence-corrected chi connectivity index (χ2v) is 6.52. The number of nitrogens with zero attached hydrogens (tertiary/aromatic N) is 3. The first-order chi connectivity index (χ1) is 9.40. The second kappa shape index (κ2) is 6.07. The predicted molar refractivity (Wildman–Crippen MR) is 80.5 cm³/mol. The number of rotatable bonds is 4. The molecule has 1 aliphatic heterocycles. The van der Waals surface area contributed by atoms with Crippen molar-refractivity contribution >= 4 is 22.0 Å². The lowest BCUT2D eigenvalue weighted by molar-refractivity contribution is -0.383. The number of anilines is 1. The lowest BCUT2D eigenvalue weighted by Crippen LogP contribution is -2.41. The van der Waals surface area contributed by atoms with Crippen molar-refractivity contribution in [2.24, 2.45) is 0 Å². The summed E-state index contributed by atoms with van der Waals surface area (Å²) in [7, 11) is 4.14. The summed E-state index contributed by atoms with van der Waals surface area (Å²) in [4.78, 5) is 15.8. The van der Waals surface area contributed by atoms with Crippen molar-refractivity contribution in [2.45, 2.75) is 31.9 Å². The average Bonchev–Trinajstić information content (AvgIpc) is 2.84. The molecular formula is C13H21N3O3S. The molecule has 0 aliphatic carbocycles. The van der Waals surface area contributed by atoms with Crippen molar-refractivity contribution in [2.75, 3.05) is 32.1 Å². The fourth-order valence-corrected chi connectivity index (χ4v) is 3.65. The minimum absolute atomic E-state index is 0.120. The normalized spacial score (nSPS) is 18.6. The third-order valence-electron chi connectivity index (χ3n) is 3.80. The molecule has 1 aliphatic rings. The van der Waals surface area contributed by atoms with Gasteiger partial charge in [0.1, 0.15) is 0 Å². The van der Waals surface area contributed by atoms with Crippen LogP contribution in [0.25, 0.3) is 0 Å². The first-order valence-corrected chi connectivity index (χ1v) is 7.59. The molecule has 1 aromatic rings. The number of hydrogen-bond donors (Lipinski definition) is 1. The maximum atomic E-state index is 11.2. The average molecular weight is 299 g/mol. The van der Waals surface area contributed by atoms with Crippen LogP contribution in [0.2, 0.25) is 0 Å². The van der Waals surface area contributed by atoms with Crippen LogP contribution in [0.1, 0.15) is 30.7 Å². The molecule has 2 rings (SSSR count). The van der Waals surface area contributed by atoms with Gasteiger partial charge in [0.15, 0.2) is 5.00 Å². The zero-order valence-electron chi connectivity index (χ0n) is 12.1. The van der Waals surface area contributed by atoms with Crippen LogP contribution in [0.5, 0.6) is 0 Å². The van der Waals surface area contributed by atoms with E-state index in [1.54, 1.807) is 6.92 Å². The van der Waals surface area contributed by atoms with Crippen LogP contribution in [0.15, 0.2) is 6.07 Å². The highest BCUT2D eigenvalue weighted by Gasteiger charge is 2.29. The zero-order valence-corrected chi connectivity index (χ0v) is 12.9. The molecule has 0 amide bonds. The minimum Gasteiger partial charge on any atom is -0.388 e. The Bertz CT molecular complexity index is 479. The summed E-state index contributed by atoms with van der Waals surface area (Å²) in [5.74, 6) is 0. The molecule has 0 unspecified atom stereocenters. The molecule has 20 heavy (non-hydrogen) atoms. The van der Waals surface area contributed by atoms with Gasteiger partial charge in [0.25, 0.3) is 0 Å². The van der Waals surface area contributed by atoms with E-state index in [9.17, 15) is 15.2 Å². The monoisotopic (exact) mass is 299 g/mol. The fourth-order valence-electron chi connectivity index (χ4n) is 2.54. The number of aliphatic hydroxyl groups excluding tert-OH is 1. The van der Waals surface area contributed by atoms with E-state index in [2.05, 4.69) is 23.9 Å². The van der Waals surface area contributed by atoms with Crippen molar-refractivity contribution in [3.8, 4) is 0 Å². The maximum Gasteiger partial charge on any atom is 0.304 e. The molecule has 1 atom stereocenters. The van der Waals surface area contributed by atoms with Crippen molar-refractivity contribution in [1.82, 2.24) is 4.90 Å². The summed E-state index contributed by atoms with van der Waals surface area (Å²) in [6, 6.07) is 2.05. The molecule has 2 heterocycles. The summed E-state index contributed by atoms with van der Waals surface area (Å²) in [6.07, 6.45) is 1.35. The molecule has 6 nitrogen and oxygen atoms in total. The molecule has 0 aromatic carbocycles. The highest BCUT2D eigenvalue weighted by molar-refractivity contribution is 7.16. The van der Waals surface area contributed by atoms with Crippen LogP contribution in [0, 0.1) is 10.1 Å². The molecule has 0 bridgehead atoms. The summed E-state index contributed by atoms with van der Waals surface area (Å²) >= 11 is 1.33. The van der Waals surface area contributed by atoms with Crippen LogP contribution >= 0.6 is 11.3 Å². The van der Waals surface area contributed by atoms with E-state index >= 15 is 0 Å². The van der Waals surface area contributed by atoms with Crippen LogP contribution in [0.4, 0.5) is 10.7 Å². The number of hydrogen-bond acceptors (Lipinski definition) is 6. The van der Waals surface area contributed by atoms with Gasteiger partial charge in [-0.25, -0.2) is 0 Å². The predicted octanol–water partition coefficient (Wildman–Crippen LogP) is 2.24. The standard InChI is InChI=1S/C13H21N3O3S/c1-9(17)12-8-11(16(18)19)13(20-12)15-6-4-10(5-7-15)14(2)3/h8-10,17H,4-7H2,1-3H3/t9-/m1/s1. The van der Waals surface area contributed by atoms with Crippen molar-refractivity contribution < 1.29 is 10.0 Å². The summed E-state index contributed by atoms with van der Waals surface area (Å²) < 4.78 is 0. The minimum atomic E-state index is -0.660. The van der Waals surface area contributed by atoms with Crippen molar-refractivity contribution in [3.05, 3.63) is 21.1 Å².